The summed E-state index contributed by atoms with van der Waals surface area (Å²) < 4.78 is 81.7. The van der Waals surface area contributed by atoms with Crippen molar-refractivity contribution in [2.75, 3.05) is 61.0 Å². The van der Waals surface area contributed by atoms with Crippen LogP contribution in [-0.2, 0) is 89.7 Å². The number of hydrogen-bond acceptors (Lipinski definition) is 31. The van der Waals surface area contributed by atoms with Crippen molar-refractivity contribution in [1.29, 1.82) is 0 Å². The number of carbonyl (C=O) groups is 3. The van der Waals surface area contributed by atoms with Gasteiger partial charge in [0, 0.05) is 12.1 Å². The molecule has 17 N–H and O–H groups in total. The summed E-state index contributed by atoms with van der Waals surface area (Å²) in [6, 6.07) is 37.2. The average Bonchev–Trinajstić information content (AvgIpc) is 0.740. The lowest BCUT2D eigenvalue weighted by atomic mass is 9.87. The van der Waals surface area contributed by atoms with Crippen LogP contribution in [-0.4, -0.2) is 278 Å². The highest BCUT2D eigenvalue weighted by molar-refractivity contribution is 7.00. The summed E-state index contributed by atoms with van der Waals surface area (Å²) in [6.07, 6.45) is -8.91. The minimum absolute atomic E-state index is 0.0191. The Kier molecular flexibility index (Phi) is 36.6. The Morgan fingerprint density at radius 2 is 0.741 bits per heavy atom. The van der Waals surface area contributed by atoms with Gasteiger partial charge in [0.2, 0.25) is 0 Å². The average molecular weight is 1610 g/mol. The summed E-state index contributed by atoms with van der Waals surface area (Å²) in [5.41, 5.74) is 32.7. The van der Waals surface area contributed by atoms with Crippen molar-refractivity contribution < 1.29 is 125 Å². The van der Waals surface area contributed by atoms with Gasteiger partial charge in [-0.3, -0.25) is 0 Å². The van der Waals surface area contributed by atoms with E-state index in [1.807, 2.05) is 72.8 Å². The molecule has 3 aliphatic heterocycles. The molecule has 3 saturated heterocycles. The normalized spacial score (nSPS) is 32.4. The highest BCUT2D eigenvalue weighted by Crippen LogP contribution is 2.43. The molecule has 4 aromatic carbocycles. The molecule has 24 atom stereocenters. The summed E-state index contributed by atoms with van der Waals surface area (Å²) >= 11 is 0. The van der Waals surface area contributed by atoms with Gasteiger partial charge in [-0.25, -0.2) is 14.4 Å². The molecule has 33 heteroatoms. The number of methoxy groups -OCH3 is 3. The zero-order valence-corrected chi connectivity index (χ0v) is 67.8. The second-order valence-corrected chi connectivity index (χ2v) is 39.6. The SMILES string of the molecule is COC(=O)CO[C@@H]1C(N)C(OC2CCC[C@H](N)[C@H]2O[Si](c2ccccc2)(c2ccccc2)C(C)(C)C)OC(CO)[C@H]1O.COC(=O)CO[C@@H]1C(N)C(OC2[C@@H](O)CC[C@H](N)[C@H]2O[Si](c2ccccc2)(c2ccccc2)C(C)(C)C)OC(CO)[C@H]1O.COC(=O)CO[C@@H]1C(N)C(O[C@H]2CCCC[C@@H]2C)OC(CO)[C@H]1O.O=C=O. The van der Waals surface area contributed by atoms with Crippen LogP contribution in [0.3, 0.4) is 0 Å². The van der Waals surface area contributed by atoms with Gasteiger partial charge < -0.3 is 130 Å². The Balaban J connectivity index is 0.000000238. The zero-order chi connectivity index (χ0) is 82.3. The molecular weight excluding hydrogens is 1490 g/mol. The van der Waals surface area contributed by atoms with Crippen LogP contribution in [0.15, 0.2) is 121 Å². The van der Waals surface area contributed by atoms with E-state index in [4.69, 9.17) is 89.7 Å². The summed E-state index contributed by atoms with van der Waals surface area (Å²) in [5, 5.41) is 76.1. The number of rotatable bonds is 26. The van der Waals surface area contributed by atoms with Crippen LogP contribution < -0.4 is 49.4 Å². The third kappa shape index (κ3) is 23.1. The quantitative estimate of drug-likeness (QED) is 0.0214. The highest BCUT2D eigenvalue weighted by Gasteiger charge is 2.58. The van der Waals surface area contributed by atoms with E-state index in [2.05, 4.69) is 111 Å². The fourth-order valence-electron chi connectivity index (χ4n) is 15.7. The lowest BCUT2D eigenvalue weighted by Gasteiger charge is -2.51. The minimum Gasteiger partial charge on any atom is -0.467 e. The van der Waals surface area contributed by atoms with E-state index in [0.717, 1.165) is 52.9 Å². The van der Waals surface area contributed by atoms with Gasteiger partial charge in [0.15, 0.2) is 18.9 Å². The van der Waals surface area contributed by atoms with E-state index in [1.54, 1.807) is 0 Å². The van der Waals surface area contributed by atoms with Crippen molar-refractivity contribution in [3.63, 3.8) is 0 Å². The number of carbonyl (C=O) groups excluding carboxylic acids is 5. The number of ether oxygens (including phenoxy) is 12. The number of benzene rings is 4. The van der Waals surface area contributed by atoms with E-state index >= 15 is 0 Å². The van der Waals surface area contributed by atoms with Crippen molar-refractivity contribution in [3.8, 4) is 0 Å². The van der Waals surface area contributed by atoms with Crippen LogP contribution in [0.1, 0.15) is 106 Å². The molecule has 3 aliphatic carbocycles. The Morgan fingerprint density at radius 3 is 1.07 bits per heavy atom. The van der Waals surface area contributed by atoms with Crippen molar-refractivity contribution in [3.05, 3.63) is 121 Å². The predicted octanol–water partition coefficient (Wildman–Crippen LogP) is -0.484. The first kappa shape index (κ1) is 93.3. The number of aliphatic hydroxyl groups excluding tert-OH is 7. The standard InChI is InChI=1S/C31H46N2O9Si.C31H46N2O8Si.C16H29NO7.CO2/c1-31(2,3)43(19-11-7-5-8-12-19,20-13-9-6-10-14-20)42-27-21(32)15-16-22(35)28(27)41-30-25(33)29(39-18-24(36)38-4)26(37)23(17-34)40-30;1-31(2,3)42(20-12-7-5-8-13-20,21-14-9-6-10-15-21)41-28-22(32)16-11-17-23(28)39-30-26(33)29(38-19-25(35)37-4)27(36)24(18-34)40-30;1-9-5-3-4-6-10(9)23-16-13(17)15(22-8-12(19)21-2)14(20)11(7-18)24-16;2-1-3/h5-14,21-23,25-30,34-35,37H,15-18,32-33H2,1-4H3;5-10,12-15,22-24,26-30,34,36H,11,16-19,32-33H2,1-4H3;9-11,13-16,18,20H,3-8,17H2,1-2H3;/t21-,22-,23?,25?,26+,27+,28?,29+,30?;22-,23?,24?,26?,27+,28+,29+,30?;9-,10-,11?,13?,14+,15+,16?;/m000./s1. The van der Waals surface area contributed by atoms with Crippen LogP contribution in [0.5, 0.6) is 0 Å². The van der Waals surface area contributed by atoms with Gasteiger partial charge in [0.25, 0.3) is 16.6 Å². The van der Waals surface area contributed by atoms with Gasteiger partial charge >= 0.3 is 24.1 Å². The molecule has 4 aromatic rings. The van der Waals surface area contributed by atoms with Crippen LogP contribution in [0.25, 0.3) is 0 Å². The Labute approximate surface area is 657 Å². The van der Waals surface area contributed by atoms with Crippen LogP contribution in [0.2, 0.25) is 10.1 Å². The summed E-state index contributed by atoms with van der Waals surface area (Å²) in [5.74, 6) is -1.45. The predicted molar refractivity (Wildman–Crippen MR) is 412 cm³/mol. The van der Waals surface area contributed by atoms with Crippen LogP contribution in [0.4, 0.5) is 0 Å². The maximum absolute atomic E-state index is 11.7. The lowest BCUT2D eigenvalue weighted by Crippen LogP contribution is -2.72. The molecule has 11 unspecified atom stereocenters. The first-order chi connectivity index (χ1) is 53.4. The van der Waals surface area contributed by atoms with E-state index in [1.165, 1.54) is 27.8 Å². The summed E-state index contributed by atoms with van der Waals surface area (Å²) in [6.45, 7) is 12.5. The van der Waals surface area contributed by atoms with Crippen LogP contribution in [0, 0.1) is 5.92 Å². The number of aliphatic hydroxyl groups is 7. The maximum Gasteiger partial charge on any atom is 0.373 e. The molecule has 6 fully saturated rings. The molecular formula is C79H121N5O26Si2. The van der Waals surface area contributed by atoms with E-state index in [0.29, 0.717) is 25.2 Å². The topological polar surface area (TPSA) is 486 Å². The molecule has 6 aliphatic rings. The van der Waals surface area contributed by atoms with Crippen molar-refractivity contribution in [2.45, 2.75) is 257 Å². The first-order valence-corrected chi connectivity index (χ1v) is 42.1. The minimum atomic E-state index is -3.11. The molecule has 0 aromatic heterocycles. The summed E-state index contributed by atoms with van der Waals surface area (Å²) in [4.78, 5) is 51.0. The molecule has 3 saturated carbocycles. The second kappa shape index (κ2) is 43.9. The van der Waals surface area contributed by atoms with Gasteiger partial charge in [-0.2, -0.15) is 9.59 Å². The third-order valence-electron chi connectivity index (χ3n) is 21.7. The van der Waals surface area contributed by atoms with Crippen molar-refractivity contribution in [1.82, 2.24) is 0 Å². The van der Waals surface area contributed by atoms with Gasteiger partial charge in [-0.1, -0.05) is 183 Å². The van der Waals surface area contributed by atoms with Gasteiger partial charge in [0.05, 0.1) is 89.8 Å². The monoisotopic (exact) mass is 1610 g/mol. The Bertz CT molecular complexity index is 3390. The summed E-state index contributed by atoms with van der Waals surface area (Å²) in [7, 11) is -2.36. The molecule has 112 heavy (non-hydrogen) atoms. The van der Waals surface area contributed by atoms with Gasteiger partial charge in [0.1, 0.15) is 80.9 Å². The molecule has 3 heterocycles. The number of hydrogen-bond donors (Lipinski definition) is 12. The highest BCUT2D eigenvalue weighted by atomic mass is 28.4. The van der Waals surface area contributed by atoms with E-state index in [-0.39, 0.29) is 35.0 Å². The van der Waals surface area contributed by atoms with Crippen molar-refractivity contribution in [2.24, 2.45) is 34.6 Å². The first-order valence-electron chi connectivity index (χ1n) is 38.2. The fraction of sp³-hybridized carbons (Fsp3) is 0.646. The van der Waals surface area contributed by atoms with E-state index < -0.39 is 196 Å². The van der Waals surface area contributed by atoms with Gasteiger partial charge in [-0.15, -0.1) is 0 Å². The number of esters is 3. The largest absolute Gasteiger partial charge is 0.467 e. The third-order valence-corrected chi connectivity index (χ3v) is 31.8. The molecule has 31 nitrogen and oxygen atoms in total. The maximum atomic E-state index is 11.7. The fourth-order valence-corrected chi connectivity index (χ4v) is 25.1. The Hall–Kier alpha value is -5.82. The Morgan fingerprint density at radius 1 is 0.429 bits per heavy atom. The zero-order valence-electron chi connectivity index (χ0n) is 65.8. The molecule has 0 radical (unpaired) electrons. The second-order valence-electron chi connectivity index (χ2n) is 31.1. The molecule has 626 valence electrons. The molecule has 0 amide bonds. The molecule has 0 bridgehead atoms. The smallest absolute Gasteiger partial charge is 0.373 e. The molecule has 10 rings (SSSR count). The van der Waals surface area contributed by atoms with E-state index in [9.17, 15) is 50.1 Å². The number of nitrogens with two attached hydrogens (primary N) is 5. The molecule has 0 spiro atoms. The van der Waals surface area contributed by atoms with Crippen LogP contribution >= 0.6 is 0 Å². The lowest BCUT2D eigenvalue weighted by molar-refractivity contribution is -0.301. The van der Waals surface area contributed by atoms with Gasteiger partial charge in [-0.05, 0) is 81.7 Å². The van der Waals surface area contributed by atoms with Crippen molar-refractivity contribution >= 4 is 61.4 Å².